The number of aliphatic hydroxyl groups excluding tert-OH is 2. The lowest BCUT2D eigenvalue weighted by atomic mass is 9.65. The molecule has 5 nitrogen and oxygen atoms in total. The predicted molar refractivity (Wildman–Crippen MR) is 53.0 cm³/mol. The van der Waals surface area contributed by atoms with Crippen LogP contribution in [0.1, 0.15) is 6.92 Å². The Bertz CT molecular complexity index is 411. The molecule has 5 heteroatoms. The van der Waals surface area contributed by atoms with Crippen molar-refractivity contribution in [2.24, 2.45) is 11.3 Å². The number of hydrogen-bond donors (Lipinski definition) is 2. The number of ether oxygens (including phenoxy) is 1. The van der Waals surface area contributed by atoms with Gasteiger partial charge >= 0.3 is 5.97 Å². The predicted octanol–water partition coefficient (Wildman–Crippen LogP) is -0.460. The average molecular weight is 224 g/mol. The summed E-state index contributed by atoms with van der Waals surface area (Å²) >= 11 is 0. The Balaban J connectivity index is 2.58. The number of allylic oxidation sites excluding steroid dienone is 1. The van der Waals surface area contributed by atoms with Crippen LogP contribution in [0.5, 0.6) is 0 Å². The van der Waals surface area contributed by atoms with E-state index in [9.17, 15) is 19.8 Å². The Morgan fingerprint density at radius 3 is 2.50 bits per heavy atom. The van der Waals surface area contributed by atoms with Crippen molar-refractivity contribution in [3.63, 3.8) is 0 Å². The van der Waals surface area contributed by atoms with Crippen LogP contribution in [0, 0.1) is 11.3 Å². The fourth-order valence-corrected chi connectivity index (χ4v) is 2.31. The molecule has 1 spiro atoms. The summed E-state index contributed by atoms with van der Waals surface area (Å²) in [5, 5.41) is 19.8. The van der Waals surface area contributed by atoms with Gasteiger partial charge in [0.1, 0.15) is 23.4 Å². The van der Waals surface area contributed by atoms with Gasteiger partial charge in [-0.05, 0) is 12.0 Å². The van der Waals surface area contributed by atoms with E-state index in [1.54, 1.807) is 6.92 Å². The molecule has 2 rings (SSSR count). The van der Waals surface area contributed by atoms with Gasteiger partial charge in [-0.15, -0.1) is 0 Å². The number of cyclic esters (lactones) is 1. The Kier molecular flexibility index (Phi) is 2.25. The van der Waals surface area contributed by atoms with Gasteiger partial charge in [-0.25, -0.2) is 0 Å². The van der Waals surface area contributed by atoms with Crippen LogP contribution in [0.4, 0.5) is 0 Å². The lowest BCUT2D eigenvalue weighted by molar-refractivity contribution is -0.163. The van der Waals surface area contributed by atoms with E-state index < -0.39 is 35.3 Å². The van der Waals surface area contributed by atoms with Gasteiger partial charge in [0.15, 0.2) is 5.78 Å². The van der Waals surface area contributed by atoms with Gasteiger partial charge in [0, 0.05) is 0 Å². The minimum atomic E-state index is -1.64. The third-order valence-electron chi connectivity index (χ3n) is 3.36. The van der Waals surface area contributed by atoms with Gasteiger partial charge in [0.2, 0.25) is 0 Å². The van der Waals surface area contributed by atoms with Crippen molar-refractivity contribution in [2.75, 3.05) is 0 Å². The molecule has 2 aliphatic rings. The number of aliphatic hydroxyl groups is 2. The molecule has 0 bridgehead atoms. The molecular formula is C11H12O5. The highest BCUT2D eigenvalue weighted by molar-refractivity contribution is 6.01. The molecule has 4 atom stereocenters. The lowest BCUT2D eigenvalue weighted by Crippen LogP contribution is -2.55. The second-order valence-electron chi connectivity index (χ2n) is 4.14. The molecule has 1 fully saturated rings. The zero-order valence-electron chi connectivity index (χ0n) is 8.71. The van der Waals surface area contributed by atoms with Crippen molar-refractivity contribution in [1.29, 1.82) is 0 Å². The summed E-state index contributed by atoms with van der Waals surface area (Å²) in [7, 11) is 0. The van der Waals surface area contributed by atoms with Gasteiger partial charge in [-0.1, -0.05) is 19.6 Å². The molecule has 16 heavy (non-hydrogen) atoms. The minimum Gasteiger partial charge on any atom is -0.428 e. The number of hydrogen-bond acceptors (Lipinski definition) is 5. The van der Waals surface area contributed by atoms with Gasteiger partial charge in [0.25, 0.3) is 0 Å². The Morgan fingerprint density at radius 2 is 2.00 bits per heavy atom. The molecule has 0 aromatic carbocycles. The largest absolute Gasteiger partial charge is 0.428 e. The SMILES string of the molecule is C=C1OC(=O)[C@]2([C@H](C)C=CC(=O)[C@@H]2O)[C@@H]1O. The molecule has 2 N–H and O–H groups in total. The van der Waals surface area contributed by atoms with Crippen molar-refractivity contribution in [3.8, 4) is 0 Å². The third-order valence-corrected chi connectivity index (χ3v) is 3.36. The molecule has 1 aliphatic heterocycles. The molecule has 0 saturated carbocycles. The highest BCUT2D eigenvalue weighted by Gasteiger charge is 2.64. The van der Waals surface area contributed by atoms with Crippen molar-refractivity contribution in [2.45, 2.75) is 19.1 Å². The van der Waals surface area contributed by atoms with E-state index in [0.29, 0.717) is 0 Å². The summed E-state index contributed by atoms with van der Waals surface area (Å²) in [5.41, 5.74) is -1.64. The van der Waals surface area contributed by atoms with Crippen LogP contribution >= 0.6 is 0 Å². The van der Waals surface area contributed by atoms with Crippen molar-refractivity contribution >= 4 is 11.8 Å². The fourth-order valence-electron chi connectivity index (χ4n) is 2.31. The maximum absolute atomic E-state index is 11.7. The highest BCUT2D eigenvalue weighted by Crippen LogP contribution is 2.47. The molecule has 0 unspecified atom stereocenters. The molecule has 0 radical (unpaired) electrons. The first-order chi connectivity index (χ1) is 7.42. The van der Waals surface area contributed by atoms with E-state index >= 15 is 0 Å². The second kappa shape index (κ2) is 3.26. The van der Waals surface area contributed by atoms with E-state index in [1.807, 2.05) is 0 Å². The second-order valence-corrected chi connectivity index (χ2v) is 4.14. The van der Waals surface area contributed by atoms with E-state index in [1.165, 1.54) is 12.2 Å². The van der Waals surface area contributed by atoms with Crippen molar-refractivity contribution in [3.05, 3.63) is 24.5 Å². The third kappa shape index (κ3) is 1.07. The molecule has 0 aromatic rings. The summed E-state index contributed by atoms with van der Waals surface area (Å²) < 4.78 is 4.73. The molecule has 86 valence electrons. The molecule has 1 heterocycles. The van der Waals surface area contributed by atoms with E-state index in [0.717, 1.165) is 0 Å². The number of ketones is 1. The van der Waals surface area contributed by atoms with Crippen LogP contribution in [0.3, 0.4) is 0 Å². The molecular weight excluding hydrogens is 212 g/mol. The fraction of sp³-hybridized carbons (Fsp3) is 0.455. The van der Waals surface area contributed by atoms with Gasteiger partial charge in [-0.3, -0.25) is 9.59 Å². The number of esters is 1. The van der Waals surface area contributed by atoms with Gasteiger partial charge < -0.3 is 14.9 Å². The number of carbonyl (C=O) groups is 2. The summed E-state index contributed by atoms with van der Waals surface area (Å²) in [5.74, 6) is -2.03. The lowest BCUT2D eigenvalue weighted by Gasteiger charge is -2.37. The molecule has 0 amide bonds. The first kappa shape index (κ1) is 11.0. The standard InChI is InChI=1S/C11H12O5/c1-5-3-4-7(12)9(14)11(5)8(13)6(2)16-10(11)15/h3-5,8-9,13-14H,2H2,1H3/t5-,8-,9+,11-/m1/s1. The Morgan fingerprint density at radius 1 is 1.38 bits per heavy atom. The zero-order chi connectivity index (χ0) is 12.1. The maximum Gasteiger partial charge on any atom is 0.324 e. The zero-order valence-corrected chi connectivity index (χ0v) is 8.71. The first-order valence-electron chi connectivity index (χ1n) is 4.91. The van der Waals surface area contributed by atoms with E-state index in [4.69, 9.17) is 4.74 Å². The molecule has 1 aliphatic carbocycles. The quantitative estimate of drug-likeness (QED) is 0.544. The smallest absolute Gasteiger partial charge is 0.324 e. The summed E-state index contributed by atoms with van der Waals surface area (Å²) in [6, 6.07) is 0. The summed E-state index contributed by atoms with van der Waals surface area (Å²) in [6.45, 7) is 5.02. The topological polar surface area (TPSA) is 83.8 Å². The van der Waals surface area contributed by atoms with E-state index in [-0.39, 0.29) is 5.76 Å². The maximum atomic E-state index is 11.7. The van der Waals surface area contributed by atoms with Crippen LogP contribution in [-0.4, -0.2) is 34.2 Å². The number of carbonyl (C=O) groups excluding carboxylic acids is 2. The van der Waals surface area contributed by atoms with Crippen LogP contribution in [-0.2, 0) is 14.3 Å². The van der Waals surface area contributed by atoms with Gasteiger partial charge in [-0.2, -0.15) is 0 Å². The summed E-state index contributed by atoms with van der Waals surface area (Å²) in [6.07, 6.45) is -0.257. The highest BCUT2D eigenvalue weighted by atomic mass is 16.6. The van der Waals surface area contributed by atoms with Crippen molar-refractivity contribution in [1.82, 2.24) is 0 Å². The average Bonchev–Trinajstić information content (AvgIpc) is 2.45. The van der Waals surface area contributed by atoms with Crippen molar-refractivity contribution < 1.29 is 24.5 Å². The van der Waals surface area contributed by atoms with Crippen LogP contribution < -0.4 is 0 Å². The van der Waals surface area contributed by atoms with Gasteiger partial charge in [0.05, 0.1) is 0 Å². The van der Waals surface area contributed by atoms with Crippen LogP contribution in [0.2, 0.25) is 0 Å². The van der Waals surface area contributed by atoms with Crippen LogP contribution in [0.25, 0.3) is 0 Å². The normalized spacial score (nSPS) is 42.9. The first-order valence-corrected chi connectivity index (χ1v) is 4.91. The molecule has 1 saturated heterocycles. The van der Waals surface area contributed by atoms with Crippen LogP contribution in [0.15, 0.2) is 24.5 Å². The summed E-state index contributed by atoms with van der Waals surface area (Å²) in [4.78, 5) is 23.2. The van der Waals surface area contributed by atoms with E-state index in [2.05, 4.69) is 6.58 Å². The Labute approximate surface area is 92.0 Å². The molecule has 0 aromatic heterocycles. The monoisotopic (exact) mass is 224 g/mol. The minimum absolute atomic E-state index is 0.126. The Hall–Kier alpha value is -1.46. The number of rotatable bonds is 0.